The summed E-state index contributed by atoms with van der Waals surface area (Å²) in [4.78, 5) is 12.3. The van der Waals surface area contributed by atoms with Crippen molar-refractivity contribution in [2.75, 3.05) is 0 Å². The van der Waals surface area contributed by atoms with Crippen molar-refractivity contribution >= 4 is 21.5 Å². The Balaban J connectivity index is 2.09. The zero-order valence-corrected chi connectivity index (χ0v) is 10.3. The van der Waals surface area contributed by atoms with Gasteiger partial charge in [-0.15, -0.1) is 6.58 Å². The average Bonchev–Trinajstić information content (AvgIpc) is 3.09. The Morgan fingerprint density at radius 1 is 1.41 bits per heavy atom. The summed E-state index contributed by atoms with van der Waals surface area (Å²) >= 11 is 0. The average molecular weight is 249 g/mol. The van der Waals surface area contributed by atoms with E-state index in [4.69, 9.17) is 0 Å². The fourth-order valence-corrected chi connectivity index (χ4v) is 2.91. The maximum atomic E-state index is 12.3. The number of rotatable bonds is 4. The Morgan fingerprint density at radius 3 is 2.59 bits per heavy atom. The zero-order chi connectivity index (χ0) is 12.5. The van der Waals surface area contributed by atoms with Crippen LogP contribution in [0.15, 0.2) is 47.9 Å². The van der Waals surface area contributed by atoms with Crippen LogP contribution in [0.3, 0.4) is 0 Å². The fraction of sp³-hybridized carbons (Fsp3) is 0.231. The van der Waals surface area contributed by atoms with Gasteiger partial charge in [0, 0.05) is 10.8 Å². The van der Waals surface area contributed by atoms with Crippen molar-refractivity contribution in [1.29, 1.82) is 0 Å². The molecule has 4 heteroatoms. The molecule has 1 aromatic carbocycles. The van der Waals surface area contributed by atoms with Gasteiger partial charge in [-0.2, -0.15) is 0 Å². The highest BCUT2D eigenvalue weighted by Gasteiger charge is 2.41. The zero-order valence-electron chi connectivity index (χ0n) is 9.46. The van der Waals surface area contributed by atoms with Crippen molar-refractivity contribution in [1.82, 2.24) is 4.72 Å². The molecular formula is C13H15NO2S. The van der Waals surface area contributed by atoms with E-state index in [0.29, 0.717) is 4.90 Å². The number of carbonyl (C=O) groups is 1. The molecule has 1 aliphatic rings. The van der Waals surface area contributed by atoms with E-state index < -0.39 is 9.71 Å². The summed E-state index contributed by atoms with van der Waals surface area (Å²) in [6, 6.07) is 8.78. The molecule has 0 heterocycles. The molecular weight excluding hydrogens is 234 g/mol. The van der Waals surface area contributed by atoms with Gasteiger partial charge in [0.15, 0.2) is 0 Å². The molecule has 1 N–H and O–H groups in total. The van der Waals surface area contributed by atoms with Crippen molar-refractivity contribution in [3.63, 3.8) is 0 Å². The summed E-state index contributed by atoms with van der Waals surface area (Å²) in [5.41, 5.74) is 0. The van der Waals surface area contributed by atoms with Gasteiger partial charge in [0.25, 0.3) is 0 Å². The standard InChI is InChI=1S/C13H15NO2S/c1-3-10-9-12(10)13(15)14-17(2,16)11-7-5-4-6-8-11/h3-8,10,12H,1-2,9H2,(H,14,15,16)/t10-,12+,17?/m1/s1. The van der Waals surface area contributed by atoms with Crippen molar-refractivity contribution < 1.29 is 9.00 Å². The lowest BCUT2D eigenvalue weighted by Gasteiger charge is -2.11. The lowest BCUT2D eigenvalue weighted by molar-refractivity contribution is -0.120. The minimum absolute atomic E-state index is 0.0845. The van der Waals surface area contributed by atoms with E-state index in [1.165, 1.54) is 0 Å². The van der Waals surface area contributed by atoms with Gasteiger partial charge < -0.3 is 0 Å². The molecule has 0 spiro atoms. The normalized spacial score (nSPS) is 25.6. The minimum Gasteiger partial charge on any atom is -0.279 e. The van der Waals surface area contributed by atoms with Crippen LogP contribution in [0.2, 0.25) is 0 Å². The van der Waals surface area contributed by atoms with Crippen molar-refractivity contribution in [2.45, 2.75) is 11.3 Å². The Kier molecular flexibility index (Phi) is 3.07. The summed E-state index contributed by atoms with van der Waals surface area (Å²) in [5.74, 6) is 3.55. The molecule has 17 heavy (non-hydrogen) atoms. The topological polar surface area (TPSA) is 46.2 Å². The predicted octanol–water partition coefficient (Wildman–Crippen LogP) is 1.62. The predicted molar refractivity (Wildman–Crippen MR) is 69.9 cm³/mol. The first-order valence-electron chi connectivity index (χ1n) is 5.41. The highest BCUT2D eigenvalue weighted by atomic mass is 32.2. The summed E-state index contributed by atoms with van der Waals surface area (Å²) in [5, 5.41) is 0. The largest absolute Gasteiger partial charge is 0.279 e. The highest BCUT2D eigenvalue weighted by Crippen LogP contribution is 2.39. The lowest BCUT2D eigenvalue weighted by atomic mass is 10.3. The highest BCUT2D eigenvalue weighted by molar-refractivity contribution is 7.99. The second-order valence-corrected chi connectivity index (χ2v) is 6.22. The van der Waals surface area contributed by atoms with E-state index in [9.17, 15) is 9.00 Å². The van der Waals surface area contributed by atoms with Crippen LogP contribution in [0.1, 0.15) is 6.42 Å². The Bertz CT molecular complexity index is 534. The number of carbonyl (C=O) groups excluding carboxylic acids is 1. The SMILES string of the molecule is C=C[C@@H]1C[C@@H]1C(=O)NS(=C)(=O)c1ccccc1. The molecule has 3 atom stereocenters. The van der Waals surface area contributed by atoms with Crippen LogP contribution >= 0.6 is 0 Å². The molecule has 0 radical (unpaired) electrons. The summed E-state index contributed by atoms with van der Waals surface area (Å²) < 4.78 is 14.8. The van der Waals surface area contributed by atoms with E-state index in [1.807, 2.05) is 6.07 Å². The number of benzene rings is 1. The molecule has 1 saturated carbocycles. The molecule has 2 rings (SSSR count). The van der Waals surface area contributed by atoms with Gasteiger partial charge in [-0.3, -0.25) is 9.52 Å². The fourth-order valence-electron chi connectivity index (χ4n) is 1.71. The van der Waals surface area contributed by atoms with E-state index in [2.05, 4.69) is 17.2 Å². The van der Waals surface area contributed by atoms with Crippen molar-refractivity contribution in [2.24, 2.45) is 11.8 Å². The minimum atomic E-state index is -2.73. The van der Waals surface area contributed by atoms with Crippen LogP contribution in [0.5, 0.6) is 0 Å². The van der Waals surface area contributed by atoms with Gasteiger partial charge in [0.2, 0.25) is 5.91 Å². The van der Waals surface area contributed by atoms with Gasteiger partial charge in [0.1, 0.15) is 0 Å². The first-order chi connectivity index (χ1) is 8.04. The number of nitrogens with one attached hydrogen (secondary N) is 1. The molecule has 1 unspecified atom stereocenters. The van der Waals surface area contributed by atoms with Crippen LogP contribution in [0, 0.1) is 11.8 Å². The summed E-state index contributed by atoms with van der Waals surface area (Å²) in [7, 11) is -2.73. The quantitative estimate of drug-likeness (QED) is 0.651. The molecule has 1 aromatic rings. The van der Waals surface area contributed by atoms with E-state index in [1.54, 1.807) is 30.3 Å². The smallest absolute Gasteiger partial charge is 0.235 e. The van der Waals surface area contributed by atoms with E-state index in [0.717, 1.165) is 6.42 Å². The van der Waals surface area contributed by atoms with Crippen LogP contribution in [-0.4, -0.2) is 16.0 Å². The maximum absolute atomic E-state index is 12.3. The van der Waals surface area contributed by atoms with Crippen LogP contribution < -0.4 is 4.72 Å². The number of hydrogen-bond acceptors (Lipinski definition) is 2. The number of allylic oxidation sites excluding steroid dienone is 1. The Morgan fingerprint density at radius 2 is 2.06 bits per heavy atom. The summed E-state index contributed by atoms with van der Waals surface area (Å²) in [6.45, 7) is 3.64. The molecule has 0 bridgehead atoms. The molecule has 0 saturated heterocycles. The lowest BCUT2D eigenvalue weighted by Crippen LogP contribution is -2.31. The molecule has 1 aliphatic carbocycles. The Hall–Kier alpha value is -1.55. The molecule has 3 nitrogen and oxygen atoms in total. The van der Waals surface area contributed by atoms with Gasteiger partial charge in [0.05, 0.1) is 9.71 Å². The van der Waals surface area contributed by atoms with Crippen molar-refractivity contribution in [3.8, 4) is 0 Å². The van der Waals surface area contributed by atoms with E-state index >= 15 is 0 Å². The van der Waals surface area contributed by atoms with Gasteiger partial charge >= 0.3 is 0 Å². The van der Waals surface area contributed by atoms with Crippen molar-refractivity contribution in [3.05, 3.63) is 43.0 Å². The second kappa shape index (κ2) is 4.37. The first kappa shape index (κ1) is 11.9. The van der Waals surface area contributed by atoms with Crippen LogP contribution in [0.4, 0.5) is 0 Å². The first-order valence-corrected chi connectivity index (χ1v) is 7.14. The molecule has 90 valence electrons. The van der Waals surface area contributed by atoms with Gasteiger partial charge in [-0.25, -0.2) is 4.21 Å². The second-order valence-electron chi connectivity index (χ2n) is 4.20. The van der Waals surface area contributed by atoms with Gasteiger partial charge in [-0.05, 0) is 30.3 Å². The van der Waals surface area contributed by atoms with Crippen LogP contribution in [0.25, 0.3) is 0 Å². The Labute approximate surface area is 102 Å². The maximum Gasteiger partial charge on any atom is 0.235 e. The third-order valence-corrected chi connectivity index (χ3v) is 4.43. The molecule has 0 aliphatic heterocycles. The molecule has 1 amide bonds. The number of amides is 1. The monoisotopic (exact) mass is 249 g/mol. The third-order valence-electron chi connectivity index (χ3n) is 2.87. The van der Waals surface area contributed by atoms with Crippen LogP contribution in [-0.2, 0) is 14.5 Å². The molecule has 1 fully saturated rings. The summed E-state index contributed by atoms with van der Waals surface area (Å²) in [6.07, 6.45) is 2.55. The van der Waals surface area contributed by atoms with Gasteiger partial charge in [-0.1, -0.05) is 24.3 Å². The number of hydrogen-bond donors (Lipinski definition) is 1. The van der Waals surface area contributed by atoms with E-state index in [-0.39, 0.29) is 17.7 Å². The third kappa shape index (κ3) is 2.58. The molecule has 0 aromatic heterocycles.